The van der Waals surface area contributed by atoms with Crippen molar-refractivity contribution in [2.75, 3.05) is 23.3 Å². The molecular weight excluding hydrogens is 340 g/mol. The van der Waals surface area contributed by atoms with Gasteiger partial charge in [-0.1, -0.05) is 30.3 Å². The fourth-order valence-electron chi connectivity index (χ4n) is 3.20. The first-order valence-corrected chi connectivity index (χ1v) is 9.25. The number of nitrogens with zero attached hydrogens (tertiary/aromatic N) is 3. The molecule has 1 aromatic heterocycles. The molecule has 0 saturated carbocycles. The monoisotopic (exact) mass is 362 g/mol. The standard InChI is InChI=1S/C21H22N4O2/c1-15(27-16-9-3-2-4-10-16)21(26)24-19-20(25-13-7-8-14-25)23-18-12-6-5-11-17(18)22-19/h2-6,9-12,15H,7-8,13-14H2,1H3,(H,22,24,26)/t15-/m1/s1. The van der Waals surface area contributed by atoms with Gasteiger partial charge in [-0.15, -0.1) is 0 Å². The Bertz CT molecular complexity index is 939. The van der Waals surface area contributed by atoms with Crippen LogP contribution in [0.4, 0.5) is 11.6 Å². The van der Waals surface area contributed by atoms with Gasteiger partial charge < -0.3 is 15.0 Å². The summed E-state index contributed by atoms with van der Waals surface area (Å²) in [5.41, 5.74) is 1.58. The van der Waals surface area contributed by atoms with Crippen molar-refractivity contribution in [1.29, 1.82) is 0 Å². The third-order valence-electron chi connectivity index (χ3n) is 4.62. The highest BCUT2D eigenvalue weighted by Crippen LogP contribution is 2.28. The van der Waals surface area contributed by atoms with Crippen LogP contribution in [-0.2, 0) is 4.79 Å². The first-order chi connectivity index (χ1) is 13.2. The number of ether oxygens (including phenoxy) is 1. The average molecular weight is 362 g/mol. The van der Waals surface area contributed by atoms with Crippen molar-refractivity contribution in [1.82, 2.24) is 9.97 Å². The van der Waals surface area contributed by atoms with E-state index in [9.17, 15) is 4.79 Å². The van der Waals surface area contributed by atoms with E-state index in [-0.39, 0.29) is 5.91 Å². The Hall–Kier alpha value is -3.15. The van der Waals surface area contributed by atoms with Crippen molar-refractivity contribution < 1.29 is 9.53 Å². The molecule has 2 aromatic carbocycles. The van der Waals surface area contributed by atoms with Gasteiger partial charge in [-0.2, -0.15) is 0 Å². The third-order valence-corrected chi connectivity index (χ3v) is 4.62. The van der Waals surface area contributed by atoms with E-state index < -0.39 is 6.10 Å². The Labute approximate surface area is 158 Å². The Morgan fingerprint density at radius 2 is 1.63 bits per heavy atom. The van der Waals surface area contributed by atoms with Gasteiger partial charge in [0.15, 0.2) is 17.7 Å². The van der Waals surface area contributed by atoms with Crippen LogP contribution in [0, 0.1) is 0 Å². The minimum absolute atomic E-state index is 0.246. The van der Waals surface area contributed by atoms with Crippen LogP contribution in [0.15, 0.2) is 54.6 Å². The van der Waals surface area contributed by atoms with Crippen molar-refractivity contribution in [3.05, 3.63) is 54.6 Å². The van der Waals surface area contributed by atoms with Crippen molar-refractivity contribution >= 4 is 28.6 Å². The van der Waals surface area contributed by atoms with Crippen LogP contribution in [0.3, 0.4) is 0 Å². The molecule has 3 aromatic rings. The number of anilines is 2. The van der Waals surface area contributed by atoms with Gasteiger partial charge in [-0.25, -0.2) is 9.97 Å². The molecule has 0 radical (unpaired) electrons. The Kier molecular flexibility index (Phi) is 4.87. The quantitative estimate of drug-likeness (QED) is 0.751. The zero-order chi connectivity index (χ0) is 18.6. The van der Waals surface area contributed by atoms with E-state index in [1.807, 2.05) is 54.6 Å². The molecule has 2 heterocycles. The number of hydrogen-bond donors (Lipinski definition) is 1. The molecule has 4 rings (SSSR count). The summed E-state index contributed by atoms with van der Waals surface area (Å²) in [6, 6.07) is 17.0. The van der Waals surface area contributed by atoms with E-state index in [0.29, 0.717) is 11.6 Å². The second-order valence-corrected chi connectivity index (χ2v) is 6.64. The largest absolute Gasteiger partial charge is 0.481 e. The maximum Gasteiger partial charge on any atom is 0.266 e. The second-order valence-electron chi connectivity index (χ2n) is 6.64. The fraction of sp³-hybridized carbons (Fsp3) is 0.286. The van der Waals surface area contributed by atoms with E-state index in [0.717, 1.165) is 42.8 Å². The highest BCUT2D eigenvalue weighted by atomic mass is 16.5. The molecule has 1 aliphatic rings. The molecule has 1 saturated heterocycles. The maximum absolute atomic E-state index is 12.7. The molecule has 6 nitrogen and oxygen atoms in total. The lowest BCUT2D eigenvalue weighted by Crippen LogP contribution is -2.32. The number of benzene rings is 2. The zero-order valence-corrected chi connectivity index (χ0v) is 15.3. The van der Waals surface area contributed by atoms with Crippen LogP contribution in [0.1, 0.15) is 19.8 Å². The number of hydrogen-bond acceptors (Lipinski definition) is 5. The van der Waals surface area contributed by atoms with E-state index in [1.54, 1.807) is 6.92 Å². The van der Waals surface area contributed by atoms with Gasteiger partial charge in [0.25, 0.3) is 5.91 Å². The van der Waals surface area contributed by atoms with Crippen LogP contribution in [0.25, 0.3) is 11.0 Å². The minimum Gasteiger partial charge on any atom is -0.481 e. The first kappa shape index (κ1) is 17.3. The lowest BCUT2D eigenvalue weighted by atomic mass is 10.3. The highest BCUT2D eigenvalue weighted by molar-refractivity contribution is 5.96. The molecule has 1 fully saturated rings. The maximum atomic E-state index is 12.7. The van der Waals surface area contributed by atoms with E-state index >= 15 is 0 Å². The van der Waals surface area contributed by atoms with Crippen molar-refractivity contribution in [3.8, 4) is 5.75 Å². The fourth-order valence-corrected chi connectivity index (χ4v) is 3.20. The van der Waals surface area contributed by atoms with Gasteiger partial charge in [0, 0.05) is 13.1 Å². The number of fused-ring (bicyclic) bond motifs is 1. The van der Waals surface area contributed by atoms with Gasteiger partial charge in [-0.3, -0.25) is 4.79 Å². The van der Waals surface area contributed by atoms with E-state index in [2.05, 4.69) is 15.2 Å². The number of para-hydroxylation sites is 3. The molecule has 0 spiro atoms. The SMILES string of the molecule is C[C@@H](Oc1ccccc1)C(=O)Nc1nc2ccccc2nc1N1CCCC1. The molecule has 6 heteroatoms. The number of rotatable bonds is 5. The lowest BCUT2D eigenvalue weighted by molar-refractivity contribution is -0.122. The molecular formula is C21H22N4O2. The van der Waals surface area contributed by atoms with Gasteiger partial charge >= 0.3 is 0 Å². The smallest absolute Gasteiger partial charge is 0.266 e. The molecule has 138 valence electrons. The molecule has 0 aliphatic carbocycles. The van der Waals surface area contributed by atoms with Crippen molar-refractivity contribution in [3.63, 3.8) is 0 Å². The van der Waals surface area contributed by atoms with Gasteiger partial charge in [0.2, 0.25) is 0 Å². The molecule has 1 amide bonds. The predicted molar refractivity (Wildman–Crippen MR) is 106 cm³/mol. The summed E-state index contributed by atoms with van der Waals surface area (Å²) in [7, 11) is 0. The Morgan fingerprint density at radius 1 is 1.00 bits per heavy atom. The predicted octanol–water partition coefficient (Wildman–Crippen LogP) is 3.64. The van der Waals surface area contributed by atoms with Gasteiger partial charge in [-0.05, 0) is 44.0 Å². The first-order valence-electron chi connectivity index (χ1n) is 9.25. The lowest BCUT2D eigenvalue weighted by Gasteiger charge is -2.21. The van der Waals surface area contributed by atoms with Crippen LogP contribution < -0.4 is 15.0 Å². The number of carbonyl (C=O) groups excluding carboxylic acids is 1. The summed E-state index contributed by atoms with van der Waals surface area (Å²) in [4.78, 5) is 24.3. The topological polar surface area (TPSA) is 67.3 Å². The van der Waals surface area contributed by atoms with E-state index in [4.69, 9.17) is 9.72 Å². The van der Waals surface area contributed by atoms with Gasteiger partial charge in [0.1, 0.15) is 5.75 Å². The highest BCUT2D eigenvalue weighted by Gasteiger charge is 2.23. The average Bonchev–Trinajstić information content (AvgIpc) is 3.23. The molecule has 0 unspecified atom stereocenters. The van der Waals surface area contributed by atoms with Crippen molar-refractivity contribution in [2.45, 2.75) is 25.9 Å². The molecule has 27 heavy (non-hydrogen) atoms. The Balaban J connectivity index is 1.59. The summed E-state index contributed by atoms with van der Waals surface area (Å²) in [6.45, 7) is 3.57. The van der Waals surface area contributed by atoms with Crippen molar-refractivity contribution in [2.24, 2.45) is 0 Å². The molecule has 1 atom stereocenters. The normalized spacial score (nSPS) is 14.9. The molecule has 0 bridgehead atoms. The summed E-state index contributed by atoms with van der Waals surface area (Å²) in [5, 5.41) is 2.92. The second kappa shape index (κ2) is 7.61. The minimum atomic E-state index is -0.646. The van der Waals surface area contributed by atoms with E-state index in [1.165, 1.54) is 0 Å². The third kappa shape index (κ3) is 3.84. The van der Waals surface area contributed by atoms with Gasteiger partial charge in [0.05, 0.1) is 11.0 Å². The summed E-state index contributed by atoms with van der Waals surface area (Å²) < 4.78 is 5.73. The Morgan fingerprint density at radius 3 is 2.33 bits per heavy atom. The number of amides is 1. The van der Waals surface area contributed by atoms with Crippen LogP contribution >= 0.6 is 0 Å². The number of nitrogens with one attached hydrogen (secondary N) is 1. The van der Waals surface area contributed by atoms with Crippen LogP contribution in [0.2, 0.25) is 0 Å². The molecule has 1 N–H and O–H groups in total. The summed E-state index contributed by atoms with van der Waals surface area (Å²) in [6.07, 6.45) is 1.59. The number of aromatic nitrogens is 2. The van der Waals surface area contributed by atoms with Crippen LogP contribution in [0.5, 0.6) is 5.75 Å². The number of carbonyl (C=O) groups is 1. The summed E-state index contributed by atoms with van der Waals surface area (Å²) in [5.74, 6) is 1.63. The van der Waals surface area contributed by atoms with Crippen LogP contribution in [-0.4, -0.2) is 35.1 Å². The summed E-state index contributed by atoms with van der Waals surface area (Å²) >= 11 is 0. The zero-order valence-electron chi connectivity index (χ0n) is 15.3. The molecule has 1 aliphatic heterocycles.